The lowest BCUT2D eigenvalue weighted by Gasteiger charge is -2.26. The van der Waals surface area contributed by atoms with Gasteiger partial charge in [-0.15, -0.1) is 0 Å². The van der Waals surface area contributed by atoms with Crippen LogP contribution in [0.15, 0.2) is 72.9 Å². The van der Waals surface area contributed by atoms with Gasteiger partial charge < -0.3 is 4.90 Å². The Hall–Kier alpha value is -3.18. The van der Waals surface area contributed by atoms with Gasteiger partial charge in [-0.2, -0.15) is 5.10 Å². The van der Waals surface area contributed by atoms with Gasteiger partial charge in [0.15, 0.2) is 0 Å². The second kappa shape index (κ2) is 7.58. The highest BCUT2D eigenvalue weighted by molar-refractivity contribution is 6.30. The van der Waals surface area contributed by atoms with Crippen LogP contribution in [0.25, 0.3) is 10.9 Å². The standard InChI is InChI=1S/C24H19ClFN3O/c25-19-6-3-5-16(12-19)24-21-9-8-20(26)13-18(21)15-28(24)23(30)10-11-29-22-7-2-1-4-17(22)14-27-29/h1-9,12-14,24H,10-11,15H2. The molecule has 5 rings (SSSR count). The Morgan fingerprint density at radius 3 is 2.83 bits per heavy atom. The maximum absolute atomic E-state index is 13.8. The van der Waals surface area contributed by atoms with Gasteiger partial charge in [0.05, 0.1) is 24.3 Å². The normalized spacial score (nSPS) is 15.5. The third-order valence-electron chi connectivity index (χ3n) is 5.63. The van der Waals surface area contributed by atoms with E-state index in [1.807, 2.05) is 58.2 Å². The Labute approximate surface area is 178 Å². The minimum atomic E-state index is -0.295. The molecule has 1 unspecified atom stereocenters. The predicted octanol–water partition coefficient (Wildman–Crippen LogP) is 5.35. The summed E-state index contributed by atoms with van der Waals surface area (Å²) in [6, 6.07) is 19.9. The minimum Gasteiger partial charge on any atom is -0.327 e. The van der Waals surface area contributed by atoms with Gasteiger partial charge >= 0.3 is 0 Å². The van der Waals surface area contributed by atoms with E-state index < -0.39 is 0 Å². The molecule has 2 heterocycles. The molecule has 1 amide bonds. The van der Waals surface area contributed by atoms with Crippen molar-refractivity contribution in [3.05, 3.63) is 100 Å². The Morgan fingerprint density at radius 2 is 1.97 bits per heavy atom. The number of rotatable bonds is 4. The van der Waals surface area contributed by atoms with E-state index in [9.17, 15) is 9.18 Å². The van der Waals surface area contributed by atoms with Gasteiger partial charge in [0.1, 0.15) is 5.82 Å². The monoisotopic (exact) mass is 419 g/mol. The SMILES string of the molecule is O=C(CCn1ncc2ccccc21)N1Cc2cc(F)ccc2C1c1cccc(Cl)c1. The number of nitrogens with zero attached hydrogens (tertiary/aromatic N) is 3. The summed E-state index contributed by atoms with van der Waals surface area (Å²) in [5.74, 6) is -0.299. The van der Waals surface area contributed by atoms with E-state index in [1.54, 1.807) is 12.1 Å². The van der Waals surface area contributed by atoms with E-state index in [0.717, 1.165) is 27.6 Å². The third-order valence-corrected chi connectivity index (χ3v) is 5.86. The van der Waals surface area contributed by atoms with Crippen LogP contribution < -0.4 is 0 Å². The molecule has 0 N–H and O–H groups in total. The number of hydrogen-bond acceptors (Lipinski definition) is 2. The number of amides is 1. The summed E-state index contributed by atoms with van der Waals surface area (Å²) in [7, 11) is 0. The van der Waals surface area contributed by atoms with Gasteiger partial charge in [0, 0.05) is 23.4 Å². The van der Waals surface area contributed by atoms with E-state index in [2.05, 4.69) is 5.10 Å². The number of aromatic nitrogens is 2. The Bertz CT molecular complexity index is 1250. The summed E-state index contributed by atoms with van der Waals surface area (Å²) in [4.78, 5) is 15.1. The molecule has 0 aliphatic carbocycles. The zero-order valence-electron chi connectivity index (χ0n) is 16.1. The van der Waals surface area contributed by atoms with Crippen molar-refractivity contribution in [3.63, 3.8) is 0 Å². The minimum absolute atomic E-state index is 0.00355. The van der Waals surface area contributed by atoms with Gasteiger partial charge in [0.25, 0.3) is 0 Å². The highest BCUT2D eigenvalue weighted by Gasteiger charge is 2.34. The number of halogens is 2. The molecule has 1 aliphatic rings. The second-order valence-corrected chi connectivity index (χ2v) is 7.94. The zero-order chi connectivity index (χ0) is 20.7. The molecule has 0 saturated carbocycles. The number of carbonyl (C=O) groups is 1. The third kappa shape index (κ3) is 3.35. The second-order valence-electron chi connectivity index (χ2n) is 7.50. The van der Waals surface area contributed by atoms with Crippen LogP contribution in [0.3, 0.4) is 0 Å². The summed E-state index contributed by atoms with van der Waals surface area (Å²) < 4.78 is 15.7. The molecule has 6 heteroatoms. The van der Waals surface area contributed by atoms with Crippen molar-refractivity contribution < 1.29 is 9.18 Å². The number of para-hydroxylation sites is 1. The van der Waals surface area contributed by atoms with Crippen LogP contribution in [0.5, 0.6) is 0 Å². The number of carbonyl (C=O) groups excluding carboxylic acids is 1. The number of aryl methyl sites for hydroxylation is 1. The highest BCUT2D eigenvalue weighted by Crippen LogP contribution is 2.39. The molecule has 0 radical (unpaired) electrons. The molecular weight excluding hydrogens is 401 g/mol. The average molecular weight is 420 g/mol. The van der Waals surface area contributed by atoms with Crippen LogP contribution in [0, 0.1) is 5.82 Å². The van der Waals surface area contributed by atoms with E-state index in [-0.39, 0.29) is 17.8 Å². The molecule has 0 fully saturated rings. The molecule has 0 spiro atoms. The Morgan fingerprint density at radius 1 is 1.10 bits per heavy atom. The lowest BCUT2D eigenvalue weighted by molar-refractivity contribution is -0.133. The summed E-state index contributed by atoms with van der Waals surface area (Å²) in [5.41, 5.74) is 3.70. The van der Waals surface area contributed by atoms with Crippen molar-refractivity contribution in [2.24, 2.45) is 0 Å². The molecule has 0 bridgehead atoms. The first-order valence-corrected chi connectivity index (χ1v) is 10.2. The number of fused-ring (bicyclic) bond motifs is 2. The topological polar surface area (TPSA) is 38.1 Å². The van der Waals surface area contributed by atoms with Crippen LogP contribution in [-0.2, 0) is 17.9 Å². The van der Waals surface area contributed by atoms with Gasteiger partial charge in [-0.05, 0) is 47.0 Å². The van der Waals surface area contributed by atoms with Gasteiger partial charge in [0.2, 0.25) is 5.91 Å². The Kier molecular flexibility index (Phi) is 4.75. The van der Waals surface area contributed by atoms with Crippen molar-refractivity contribution in [2.75, 3.05) is 0 Å². The highest BCUT2D eigenvalue weighted by atomic mass is 35.5. The van der Waals surface area contributed by atoms with Crippen LogP contribution >= 0.6 is 11.6 Å². The first-order valence-electron chi connectivity index (χ1n) is 9.84. The fraction of sp³-hybridized carbons (Fsp3) is 0.167. The summed E-state index contributed by atoms with van der Waals surface area (Å²) in [6.45, 7) is 0.860. The maximum Gasteiger partial charge on any atom is 0.225 e. The van der Waals surface area contributed by atoms with E-state index >= 15 is 0 Å². The Balaban J connectivity index is 1.43. The molecule has 1 atom stereocenters. The molecule has 3 aromatic carbocycles. The fourth-order valence-corrected chi connectivity index (χ4v) is 4.44. The van der Waals surface area contributed by atoms with Crippen molar-refractivity contribution in [1.29, 1.82) is 0 Å². The first-order chi connectivity index (χ1) is 14.6. The van der Waals surface area contributed by atoms with Gasteiger partial charge in [-0.3, -0.25) is 9.48 Å². The molecular formula is C24H19ClFN3O. The van der Waals surface area contributed by atoms with Crippen molar-refractivity contribution in [2.45, 2.75) is 25.6 Å². The van der Waals surface area contributed by atoms with Crippen LogP contribution in [-0.4, -0.2) is 20.6 Å². The zero-order valence-corrected chi connectivity index (χ0v) is 16.9. The lowest BCUT2D eigenvalue weighted by Crippen LogP contribution is -2.31. The first kappa shape index (κ1) is 18.8. The van der Waals surface area contributed by atoms with Crippen molar-refractivity contribution in [1.82, 2.24) is 14.7 Å². The predicted molar refractivity (Wildman–Crippen MR) is 115 cm³/mol. The molecule has 150 valence electrons. The maximum atomic E-state index is 13.8. The van der Waals surface area contributed by atoms with E-state index in [1.165, 1.54) is 12.1 Å². The number of hydrogen-bond donors (Lipinski definition) is 0. The lowest BCUT2D eigenvalue weighted by atomic mass is 9.98. The molecule has 1 aliphatic heterocycles. The summed E-state index contributed by atoms with van der Waals surface area (Å²) >= 11 is 6.21. The summed E-state index contributed by atoms with van der Waals surface area (Å²) in [6.07, 6.45) is 2.11. The van der Waals surface area contributed by atoms with Crippen LogP contribution in [0.1, 0.15) is 29.2 Å². The van der Waals surface area contributed by atoms with Crippen LogP contribution in [0.4, 0.5) is 4.39 Å². The van der Waals surface area contributed by atoms with Crippen LogP contribution in [0.2, 0.25) is 5.02 Å². The molecule has 1 aromatic heterocycles. The molecule has 4 nitrogen and oxygen atoms in total. The molecule has 30 heavy (non-hydrogen) atoms. The van der Waals surface area contributed by atoms with Gasteiger partial charge in [-0.25, -0.2) is 4.39 Å². The molecule has 0 saturated heterocycles. The summed E-state index contributed by atoms with van der Waals surface area (Å²) in [5, 5.41) is 6.07. The van der Waals surface area contributed by atoms with E-state index in [4.69, 9.17) is 11.6 Å². The molecule has 4 aromatic rings. The quantitative estimate of drug-likeness (QED) is 0.447. The van der Waals surface area contributed by atoms with Crippen molar-refractivity contribution >= 4 is 28.4 Å². The van der Waals surface area contributed by atoms with Crippen molar-refractivity contribution in [3.8, 4) is 0 Å². The largest absolute Gasteiger partial charge is 0.327 e. The fourth-order valence-electron chi connectivity index (χ4n) is 4.24. The number of benzene rings is 3. The van der Waals surface area contributed by atoms with E-state index in [0.29, 0.717) is 24.5 Å². The average Bonchev–Trinajstić information content (AvgIpc) is 3.33. The smallest absolute Gasteiger partial charge is 0.225 e. The van der Waals surface area contributed by atoms with Gasteiger partial charge in [-0.1, -0.05) is 48.0 Å².